The molecule has 4 heteroatoms. The predicted molar refractivity (Wildman–Crippen MR) is 62.2 cm³/mol. The van der Waals surface area contributed by atoms with Crippen molar-refractivity contribution in [2.45, 2.75) is 31.7 Å². The third kappa shape index (κ3) is 2.74. The summed E-state index contributed by atoms with van der Waals surface area (Å²) < 4.78 is 4.80. The molecule has 2 heterocycles. The molecule has 0 unspecified atom stereocenters. The fourth-order valence-corrected chi connectivity index (χ4v) is 2.84. The topological polar surface area (TPSA) is 41.6 Å². The summed E-state index contributed by atoms with van der Waals surface area (Å²) in [5, 5.41) is 3.39. The molecule has 92 valence electrons. The number of nitrogens with one attached hydrogen (secondary N) is 1. The van der Waals surface area contributed by atoms with E-state index in [0.29, 0.717) is 0 Å². The van der Waals surface area contributed by atoms with E-state index in [4.69, 9.17) is 4.74 Å². The molecule has 0 atom stereocenters. The van der Waals surface area contributed by atoms with Crippen LogP contribution in [0.1, 0.15) is 25.7 Å². The second kappa shape index (κ2) is 5.64. The maximum absolute atomic E-state index is 11.4. The number of piperidine rings is 2. The second-order valence-electron chi connectivity index (χ2n) is 4.81. The molecular formula is C12H22N2O2. The van der Waals surface area contributed by atoms with E-state index in [-0.39, 0.29) is 11.9 Å². The van der Waals surface area contributed by atoms with Crippen molar-refractivity contribution in [1.82, 2.24) is 10.2 Å². The van der Waals surface area contributed by atoms with Crippen LogP contribution < -0.4 is 5.32 Å². The molecule has 0 bridgehead atoms. The van der Waals surface area contributed by atoms with Crippen LogP contribution in [-0.4, -0.2) is 50.2 Å². The highest BCUT2D eigenvalue weighted by atomic mass is 16.5. The summed E-state index contributed by atoms with van der Waals surface area (Å²) in [6.45, 7) is 4.40. The fraction of sp³-hybridized carbons (Fsp3) is 0.917. The average molecular weight is 226 g/mol. The van der Waals surface area contributed by atoms with E-state index in [1.807, 2.05) is 0 Å². The van der Waals surface area contributed by atoms with Crippen molar-refractivity contribution in [3.05, 3.63) is 0 Å². The first-order chi connectivity index (χ1) is 7.81. The number of hydrogen-bond acceptors (Lipinski definition) is 4. The number of hydrogen-bond donors (Lipinski definition) is 1. The Kier molecular flexibility index (Phi) is 4.18. The van der Waals surface area contributed by atoms with Crippen molar-refractivity contribution in [3.63, 3.8) is 0 Å². The van der Waals surface area contributed by atoms with Gasteiger partial charge in [0.1, 0.15) is 0 Å². The number of carbonyl (C=O) groups is 1. The van der Waals surface area contributed by atoms with Crippen LogP contribution in [0, 0.1) is 5.92 Å². The molecule has 0 radical (unpaired) electrons. The van der Waals surface area contributed by atoms with Gasteiger partial charge >= 0.3 is 5.97 Å². The Balaban J connectivity index is 1.78. The molecule has 0 aromatic heterocycles. The minimum Gasteiger partial charge on any atom is -0.469 e. The molecule has 0 spiro atoms. The quantitative estimate of drug-likeness (QED) is 0.701. The summed E-state index contributed by atoms with van der Waals surface area (Å²) in [5.41, 5.74) is 0. The van der Waals surface area contributed by atoms with Crippen molar-refractivity contribution < 1.29 is 9.53 Å². The molecule has 16 heavy (non-hydrogen) atoms. The first kappa shape index (κ1) is 11.9. The van der Waals surface area contributed by atoms with Crippen LogP contribution in [-0.2, 0) is 9.53 Å². The van der Waals surface area contributed by atoms with Crippen molar-refractivity contribution in [2.24, 2.45) is 5.92 Å². The molecule has 2 aliphatic rings. The smallest absolute Gasteiger partial charge is 0.308 e. The molecule has 4 nitrogen and oxygen atoms in total. The van der Waals surface area contributed by atoms with E-state index in [2.05, 4.69) is 10.2 Å². The molecule has 2 saturated heterocycles. The molecule has 0 saturated carbocycles. The van der Waals surface area contributed by atoms with Crippen LogP contribution in [0.4, 0.5) is 0 Å². The maximum atomic E-state index is 11.4. The zero-order valence-corrected chi connectivity index (χ0v) is 10.1. The molecule has 2 aliphatic heterocycles. The van der Waals surface area contributed by atoms with Gasteiger partial charge in [0, 0.05) is 6.04 Å². The van der Waals surface area contributed by atoms with Gasteiger partial charge in [-0.15, -0.1) is 0 Å². The lowest BCUT2D eigenvalue weighted by molar-refractivity contribution is -0.147. The zero-order valence-electron chi connectivity index (χ0n) is 10.1. The van der Waals surface area contributed by atoms with Crippen LogP contribution in [0.25, 0.3) is 0 Å². The minimum absolute atomic E-state index is 0.0232. The summed E-state index contributed by atoms with van der Waals surface area (Å²) in [4.78, 5) is 14.0. The predicted octanol–water partition coefficient (Wildman–Crippen LogP) is 0.623. The van der Waals surface area contributed by atoms with E-state index in [1.54, 1.807) is 0 Å². The van der Waals surface area contributed by atoms with Gasteiger partial charge in [0.25, 0.3) is 0 Å². The van der Waals surface area contributed by atoms with Gasteiger partial charge in [-0.2, -0.15) is 0 Å². The van der Waals surface area contributed by atoms with E-state index < -0.39 is 0 Å². The van der Waals surface area contributed by atoms with Gasteiger partial charge in [-0.1, -0.05) is 0 Å². The van der Waals surface area contributed by atoms with Gasteiger partial charge in [-0.25, -0.2) is 0 Å². The third-order valence-corrected chi connectivity index (χ3v) is 3.89. The van der Waals surface area contributed by atoms with Gasteiger partial charge in [0.15, 0.2) is 0 Å². The Hall–Kier alpha value is -0.610. The van der Waals surface area contributed by atoms with Crippen LogP contribution >= 0.6 is 0 Å². The number of likely N-dealkylation sites (tertiary alicyclic amines) is 1. The molecule has 2 rings (SSSR count). The third-order valence-electron chi connectivity index (χ3n) is 3.89. The highest BCUT2D eigenvalue weighted by Crippen LogP contribution is 2.22. The van der Waals surface area contributed by atoms with E-state index in [1.165, 1.54) is 20.0 Å². The minimum atomic E-state index is -0.0232. The lowest BCUT2D eigenvalue weighted by Gasteiger charge is -2.38. The summed E-state index contributed by atoms with van der Waals surface area (Å²) in [6, 6.07) is 0.736. The SMILES string of the molecule is COC(=O)C1CCN(C2CCNCC2)CC1. The van der Waals surface area contributed by atoms with Gasteiger partial charge in [0.2, 0.25) is 0 Å². The maximum Gasteiger partial charge on any atom is 0.308 e. The van der Waals surface area contributed by atoms with Crippen molar-refractivity contribution in [3.8, 4) is 0 Å². The fourth-order valence-electron chi connectivity index (χ4n) is 2.84. The zero-order chi connectivity index (χ0) is 11.4. The Morgan fingerprint density at radius 3 is 2.38 bits per heavy atom. The summed E-state index contributed by atoms with van der Waals surface area (Å²) in [7, 11) is 1.49. The lowest BCUT2D eigenvalue weighted by Crippen LogP contribution is -2.47. The van der Waals surface area contributed by atoms with E-state index in [9.17, 15) is 4.79 Å². The van der Waals surface area contributed by atoms with Crippen molar-refractivity contribution >= 4 is 5.97 Å². The molecule has 0 aliphatic carbocycles. The Morgan fingerprint density at radius 2 is 1.81 bits per heavy atom. The highest BCUT2D eigenvalue weighted by Gasteiger charge is 2.29. The average Bonchev–Trinajstić information content (AvgIpc) is 2.39. The normalized spacial score (nSPS) is 25.6. The highest BCUT2D eigenvalue weighted by molar-refractivity contribution is 5.72. The lowest BCUT2D eigenvalue weighted by atomic mass is 9.94. The van der Waals surface area contributed by atoms with Gasteiger partial charge < -0.3 is 15.0 Å². The molecular weight excluding hydrogens is 204 g/mol. The second-order valence-corrected chi connectivity index (χ2v) is 4.81. The summed E-state index contributed by atoms with van der Waals surface area (Å²) in [5.74, 6) is 0.118. The number of esters is 1. The Bertz CT molecular complexity index is 231. The van der Waals surface area contributed by atoms with E-state index in [0.717, 1.165) is 45.1 Å². The molecule has 0 aromatic rings. The van der Waals surface area contributed by atoms with Gasteiger partial charge in [-0.3, -0.25) is 4.79 Å². The number of nitrogens with zero attached hydrogens (tertiary/aromatic N) is 1. The van der Waals surface area contributed by atoms with Crippen LogP contribution in [0.2, 0.25) is 0 Å². The molecule has 0 aromatic carbocycles. The molecule has 2 fully saturated rings. The Labute approximate surface area is 97.3 Å². The molecule has 0 amide bonds. The van der Waals surface area contributed by atoms with Crippen LogP contribution in [0.5, 0.6) is 0 Å². The number of carbonyl (C=O) groups excluding carboxylic acids is 1. The largest absolute Gasteiger partial charge is 0.469 e. The van der Waals surface area contributed by atoms with Crippen molar-refractivity contribution in [1.29, 1.82) is 0 Å². The number of methoxy groups -OCH3 is 1. The van der Waals surface area contributed by atoms with E-state index >= 15 is 0 Å². The number of ether oxygens (including phenoxy) is 1. The Morgan fingerprint density at radius 1 is 1.19 bits per heavy atom. The van der Waals surface area contributed by atoms with Gasteiger partial charge in [-0.05, 0) is 51.9 Å². The number of rotatable bonds is 2. The first-order valence-electron chi connectivity index (χ1n) is 6.34. The van der Waals surface area contributed by atoms with Crippen molar-refractivity contribution in [2.75, 3.05) is 33.3 Å². The van der Waals surface area contributed by atoms with Crippen LogP contribution in [0.15, 0.2) is 0 Å². The monoisotopic (exact) mass is 226 g/mol. The summed E-state index contributed by atoms with van der Waals surface area (Å²) in [6.07, 6.45) is 4.44. The van der Waals surface area contributed by atoms with Gasteiger partial charge in [0.05, 0.1) is 13.0 Å². The molecule has 1 N–H and O–H groups in total. The van der Waals surface area contributed by atoms with Crippen LogP contribution in [0.3, 0.4) is 0 Å². The first-order valence-corrected chi connectivity index (χ1v) is 6.34. The standard InChI is InChI=1S/C12H22N2O2/c1-16-12(15)10-4-8-14(9-5-10)11-2-6-13-7-3-11/h10-11,13H,2-9H2,1H3. The summed E-state index contributed by atoms with van der Waals surface area (Å²) >= 11 is 0.